The molecule has 0 aromatic carbocycles. The van der Waals surface area contributed by atoms with Gasteiger partial charge in [0, 0.05) is 17.5 Å². The third-order valence-corrected chi connectivity index (χ3v) is 4.60. The van der Waals surface area contributed by atoms with Gasteiger partial charge in [-0.15, -0.1) is 11.3 Å². The summed E-state index contributed by atoms with van der Waals surface area (Å²) in [5, 5.41) is 2.14. The fraction of sp³-hybridized carbons (Fsp3) is 0.714. The van der Waals surface area contributed by atoms with Crippen LogP contribution in [0, 0.1) is 0 Å². The minimum absolute atomic E-state index is 0.414. The number of hydrogen-bond donors (Lipinski definition) is 2. The second kappa shape index (κ2) is 7.89. The number of nitrogens with one attached hydrogen (secondary N) is 1. The third-order valence-electron chi connectivity index (χ3n) is 3.67. The number of nitrogens with two attached hydrogens (primary N) is 1. The lowest BCUT2D eigenvalue weighted by molar-refractivity contribution is 0.00845. The van der Waals surface area contributed by atoms with Gasteiger partial charge in [-0.1, -0.05) is 6.07 Å². The van der Waals surface area contributed by atoms with Crippen molar-refractivity contribution >= 4 is 11.3 Å². The quantitative estimate of drug-likeness (QED) is 0.590. The van der Waals surface area contributed by atoms with Gasteiger partial charge in [-0.3, -0.25) is 11.3 Å². The average Bonchev–Trinajstić information content (AvgIpc) is 2.93. The van der Waals surface area contributed by atoms with Crippen LogP contribution >= 0.6 is 11.3 Å². The van der Waals surface area contributed by atoms with E-state index >= 15 is 0 Å². The molecule has 1 aliphatic heterocycles. The first-order valence-corrected chi connectivity index (χ1v) is 7.86. The van der Waals surface area contributed by atoms with E-state index in [1.165, 1.54) is 24.1 Å². The monoisotopic (exact) mass is 268 g/mol. The van der Waals surface area contributed by atoms with Crippen LogP contribution in [-0.4, -0.2) is 18.8 Å². The van der Waals surface area contributed by atoms with Gasteiger partial charge in [0.15, 0.2) is 0 Å². The maximum atomic E-state index is 5.76. The molecule has 2 atom stereocenters. The zero-order chi connectivity index (χ0) is 12.6. The highest BCUT2D eigenvalue weighted by atomic mass is 32.1. The van der Waals surface area contributed by atoms with Crippen molar-refractivity contribution in [2.75, 3.05) is 6.61 Å². The van der Waals surface area contributed by atoms with Crippen LogP contribution in [-0.2, 0) is 11.2 Å². The smallest absolute Gasteiger partial charge is 0.0575 e. The maximum Gasteiger partial charge on any atom is 0.0575 e. The fourth-order valence-electron chi connectivity index (χ4n) is 2.50. The van der Waals surface area contributed by atoms with Crippen molar-refractivity contribution in [2.24, 2.45) is 5.84 Å². The number of thiophene rings is 1. The Hall–Kier alpha value is -0.420. The van der Waals surface area contributed by atoms with Crippen LogP contribution in [0.3, 0.4) is 0 Å². The van der Waals surface area contributed by atoms with Crippen LogP contribution in [0.25, 0.3) is 0 Å². The van der Waals surface area contributed by atoms with Crippen molar-refractivity contribution in [3.05, 3.63) is 22.4 Å². The Labute approximate surface area is 114 Å². The molecule has 1 fully saturated rings. The lowest BCUT2D eigenvalue weighted by Crippen LogP contribution is -2.36. The van der Waals surface area contributed by atoms with E-state index in [4.69, 9.17) is 10.6 Å². The van der Waals surface area contributed by atoms with Crippen LogP contribution in [0.2, 0.25) is 0 Å². The standard InChI is InChI=1S/C14H24N2OS/c15-16-12(7-9-14-5-3-11-18-14)6-8-13-4-1-2-10-17-13/h3,5,11-13,16H,1-2,4,6-10,15H2. The van der Waals surface area contributed by atoms with Gasteiger partial charge in [0.2, 0.25) is 0 Å². The zero-order valence-electron chi connectivity index (χ0n) is 10.9. The van der Waals surface area contributed by atoms with E-state index in [1.807, 2.05) is 11.3 Å². The molecule has 0 amide bonds. The molecule has 1 aliphatic rings. The summed E-state index contributed by atoms with van der Waals surface area (Å²) in [6.07, 6.45) is 8.74. The summed E-state index contributed by atoms with van der Waals surface area (Å²) in [6, 6.07) is 4.72. The molecule has 102 valence electrons. The van der Waals surface area contributed by atoms with E-state index in [0.717, 1.165) is 32.3 Å². The Bertz CT molecular complexity index is 310. The molecular weight excluding hydrogens is 244 g/mol. The SMILES string of the molecule is NNC(CCc1cccs1)CCC1CCCCO1. The summed E-state index contributed by atoms with van der Waals surface area (Å²) < 4.78 is 5.76. The molecule has 4 heteroatoms. The van der Waals surface area contributed by atoms with Crippen molar-refractivity contribution in [3.63, 3.8) is 0 Å². The van der Waals surface area contributed by atoms with Crippen LogP contribution in [0.15, 0.2) is 17.5 Å². The normalized spacial score (nSPS) is 21.9. The first kappa shape index (κ1) is 14.0. The van der Waals surface area contributed by atoms with Crippen LogP contribution in [0.5, 0.6) is 0 Å². The Kier molecular flexibility index (Phi) is 6.14. The molecule has 2 heterocycles. The lowest BCUT2D eigenvalue weighted by Gasteiger charge is -2.24. The summed E-state index contributed by atoms with van der Waals surface area (Å²) in [5.41, 5.74) is 2.95. The molecule has 0 saturated carbocycles. The molecule has 1 aromatic rings. The molecule has 3 nitrogen and oxygen atoms in total. The molecule has 2 rings (SSSR count). The second-order valence-corrected chi connectivity index (χ2v) is 6.08. The number of aryl methyl sites for hydroxylation is 1. The van der Waals surface area contributed by atoms with E-state index < -0.39 is 0 Å². The third kappa shape index (κ3) is 4.69. The van der Waals surface area contributed by atoms with Gasteiger partial charge in [-0.05, 0) is 56.4 Å². The van der Waals surface area contributed by atoms with Gasteiger partial charge in [-0.2, -0.15) is 0 Å². The van der Waals surface area contributed by atoms with Gasteiger partial charge in [0.05, 0.1) is 6.10 Å². The predicted molar refractivity (Wildman–Crippen MR) is 76.6 cm³/mol. The Morgan fingerprint density at radius 1 is 1.44 bits per heavy atom. The van der Waals surface area contributed by atoms with Gasteiger partial charge in [0.1, 0.15) is 0 Å². The molecule has 0 bridgehead atoms. The van der Waals surface area contributed by atoms with Crippen molar-refractivity contribution in [1.82, 2.24) is 5.43 Å². The van der Waals surface area contributed by atoms with Crippen molar-refractivity contribution in [1.29, 1.82) is 0 Å². The molecule has 1 saturated heterocycles. The largest absolute Gasteiger partial charge is 0.378 e. The van der Waals surface area contributed by atoms with E-state index in [-0.39, 0.29) is 0 Å². The molecular formula is C14H24N2OS. The topological polar surface area (TPSA) is 47.3 Å². The highest BCUT2D eigenvalue weighted by Gasteiger charge is 2.16. The summed E-state index contributed by atoms with van der Waals surface area (Å²) in [6.45, 7) is 0.945. The average molecular weight is 268 g/mol. The van der Waals surface area contributed by atoms with Crippen LogP contribution < -0.4 is 11.3 Å². The number of hydrazine groups is 1. The molecule has 0 radical (unpaired) electrons. The Morgan fingerprint density at radius 3 is 3.06 bits per heavy atom. The van der Waals surface area contributed by atoms with E-state index in [1.54, 1.807) is 0 Å². The molecule has 18 heavy (non-hydrogen) atoms. The molecule has 0 aliphatic carbocycles. The van der Waals surface area contributed by atoms with Crippen molar-refractivity contribution in [3.8, 4) is 0 Å². The zero-order valence-corrected chi connectivity index (χ0v) is 11.8. The minimum Gasteiger partial charge on any atom is -0.378 e. The summed E-state index contributed by atoms with van der Waals surface area (Å²) >= 11 is 1.83. The number of rotatable bonds is 7. The first-order chi connectivity index (χ1) is 8.88. The molecule has 1 aromatic heterocycles. The molecule has 3 N–H and O–H groups in total. The maximum absolute atomic E-state index is 5.76. The van der Waals surface area contributed by atoms with Gasteiger partial charge >= 0.3 is 0 Å². The van der Waals surface area contributed by atoms with Gasteiger partial charge < -0.3 is 4.74 Å². The van der Waals surface area contributed by atoms with Crippen LogP contribution in [0.4, 0.5) is 0 Å². The van der Waals surface area contributed by atoms with Gasteiger partial charge in [0.25, 0.3) is 0 Å². The summed E-state index contributed by atoms with van der Waals surface area (Å²) in [4.78, 5) is 1.45. The first-order valence-electron chi connectivity index (χ1n) is 6.98. The summed E-state index contributed by atoms with van der Waals surface area (Å²) in [5.74, 6) is 5.64. The Balaban J connectivity index is 1.65. The molecule has 2 unspecified atom stereocenters. The highest BCUT2D eigenvalue weighted by Crippen LogP contribution is 2.19. The second-order valence-electron chi connectivity index (χ2n) is 5.05. The number of hydrogen-bond acceptors (Lipinski definition) is 4. The van der Waals surface area contributed by atoms with Gasteiger partial charge in [-0.25, -0.2) is 0 Å². The number of ether oxygens (including phenoxy) is 1. The van der Waals surface area contributed by atoms with Crippen LogP contribution in [0.1, 0.15) is 43.4 Å². The van der Waals surface area contributed by atoms with Crippen molar-refractivity contribution in [2.45, 2.75) is 57.1 Å². The molecule has 0 spiro atoms. The van der Waals surface area contributed by atoms with E-state index in [0.29, 0.717) is 12.1 Å². The predicted octanol–water partition coefficient (Wildman–Crippen LogP) is 2.86. The van der Waals surface area contributed by atoms with E-state index in [2.05, 4.69) is 22.9 Å². The lowest BCUT2D eigenvalue weighted by atomic mass is 9.99. The minimum atomic E-state index is 0.414. The fourth-order valence-corrected chi connectivity index (χ4v) is 3.23. The highest BCUT2D eigenvalue weighted by molar-refractivity contribution is 7.09. The Morgan fingerprint density at radius 2 is 2.39 bits per heavy atom. The summed E-state index contributed by atoms with van der Waals surface area (Å²) in [7, 11) is 0. The van der Waals surface area contributed by atoms with E-state index in [9.17, 15) is 0 Å². The van der Waals surface area contributed by atoms with Crippen molar-refractivity contribution < 1.29 is 4.74 Å².